The second-order valence-corrected chi connectivity index (χ2v) is 5.87. The van der Waals surface area contributed by atoms with Gasteiger partial charge in [-0.25, -0.2) is 0 Å². The van der Waals surface area contributed by atoms with Gasteiger partial charge in [-0.05, 0) is 30.9 Å². The smallest absolute Gasteiger partial charge is 0.227 e. The van der Waals surface area contributed by atoms with Gasteiger partial charge in [-0.2, -0.15) is 0 Å². The van der Waals surface area contributed by atoms with Crippen LogP contribution in [0.2, 0.25) is 0 Å². The molecule has 1 spiro atoms. The highest BCUT2D eigenvalue weighted by molar-refractivity contribution is 5.78. The van der Waals surface area contributed by atoms with Crippen molar-refractivity contribution in [2.75, 3.05) is 26.8 Å². The predicted molar refractivity (Wildman–Crippen MR) is 77.9 cm³/mol. The zero-order chi connectivity index (χ0) is 14.7. The highest BCUT2D eigenvalue weighted by Gasteiger charge is 2.47. The fourth-order valence-corrected chi connectivity index (χ4v) is 3.42. The number of aromatic nitrogens is 1. The molecule has 5 heteroatoms. The first-order chi connectivity index (χ1) is 10.2. The topological polar surface area (TPSA) is 51.7 Å². The zero-order valence-electron chi connectivity index (χ0n) is 12.5. The lowest BCUT2D eigenvalue weighted by atomic mass is 9.85. The van der Waals surface area contributed by atoms with Crippen LogP contribution in [-0.4, -0.2) is 54.3 Å². The van der Waals surface area contributed by atoms with E-state index in [1.807, 2.05) is 17.0 Å². The van der Waals surface area contributed by atoms with Crippen LogP contribution in [0.5, 0.6) is 0 Å². The van der Waals surface area contributed by atoms with E-state index in [0.29, 0.717) is 13.0 Å². The summed E-state index contributed by atoms with van der Waals surface area (Å²) in [7, 11) is 1.71. The minimum Gasteiger partial charge on any atom is -0.377 e. The number of rotatable bonds is 3. The van der Waals surface area contributed by atoms with Gasteiger partial charge in [0.2, 0.25) is 5.91 Å². The minimum atomic E-state index is -0.167. The lowest BCUT2D eigenvalue weighted by Gasteiger charge is -2.44. The van der Waals surface area contributed by atoms with Crippen LogP contribution in [0.4, 0.5) is 0 Å². The lowest BCUT2D eigenvalue weighted by molar-refractivity contribution is -0.158. The summed E-state index contributed by atoms with van der Waals surface area (Å²) in [5.41, 5.74) is 0.786. The summed E-state index contributed by atoms with van der Waals surface area (Å²) in [6.07, 6.45) is 6.84. The molecule has 2 saturated heterocycles. The van der Waals surface area contributed by atoms with Crippen LogP contribution < -0.4 is 0 Å². The molecule has 0 bridgehead atoms. The second kappa shape index (κ2) is 6.12. The molecule has 2 atom stereocenters. The van der Waals surface area contributed by atoms with E-state index >= 15 is 0 Å². The number of ether oxygens (including phenoxy) is 2. The van der Waals surface area contributed by atoms with Crippen LogP contribution in [-0.2, 0) is 20.7 Å². The average Bonchev–Trinajstić information content (AvgIpc) is 2.98. The van der Waals surface area contributed by atoms with Crippen molar-refractivity contribution < 1.29 is 14.3 Å². The van der Waals surface area contributed by atoms with E-state index in [0.717, 1.165) is 38.0 Å². The third-order valence-corrected chi connectivity index (χ3v) is 4.63. The molecule has 1 aromatic rings. The number of hydrogen-bond donors (Lipinski definition) is 0. The Bertz CT molecular complexity index is 486. The summed E-state index contributed by atoms with van der Waals surface area (Å²) in [6, 6.07) is 3.79. The van der Waals surface area contributed by atoms with E-state index < -0.39 is 0 Å². The highest BCUT2D eigenvalue weighted by Crippen LogP contribution is 2.37. The molecule has 1 amide bonds. The van der Waals surface area contributed by atoms with Crippen molar-refractivity contribution in [3.63, 3.8) is 0 Å². The van der Waals surface area contributed by atoms with Crippen molar-refractivity contribution in [1.29, 1.82) is 0 Å². The van der Waals surface area contributed by atoms with Gasteiger partial charge in [0.15, 0.2) is 0 Å². The van der Waals surface area contributed by atoms with Gasteiger partial charge >= 0.3 is 0 Å². The van der Waals surface area contributed by atoms with Crippen molar-refractivity contribution in [3.05, 3.63) is 30.1 Å². The van der Waals surface area contributed by atoms with Gasteiger partial charge in [0.05, 0.1) is 12.0 Å². The lowest BCUT2D eigenvalue weighted by Crippen LogP contribution is -2.57. The summed E-state index contributed by atoms with van der Waals surface area (Å²) >= 11 is 0. The van der Waals surface area contributed by atoms with Crippen LogP contribution in [0, 0.1) is 0 Å². The maximum Gasteiger partial charge on any atom is 0.227 e. The zero-order valence-corrected chi connectivity index (χ0v) is 12.5. The molecule has 2 aliphatic heterocycles. The number of methoxy groups -OCH3 is 1. The Morgan fingerprint density at radius 1 is 1.57 bits per heavy atom. The molecule has 0 unspecified atom stereocenters. The molecule has 2 aliphatic rings. The fourth-order valence-electron chi connectivity index (χ4n) is 3.42. The number of amides is 1. The minimum absolute atomic E-state index is 0.0217. The third kappa shape index (κ3) is 2.94. The van der Waals surface area contributed by atoms with Gasteiger partial charge in [-0.3, -0.25) is 9.78 Å². The van der Waals surface area contributed by atoms with Crippen LogP contribution in [0.1, 0.15) is 24.8 Å². The highest BCUT2D eigenvalue weighted by atomic mass is 16.5. The molecule has 0 radical (unpaired) electrons. The third-order valence-electron chi connectivity index (χ3n) is 4.63. The standard InChI is InChI=1S/C16H22N2O3/c1-20-14-12-18(8-6-16(14)5-3-9-21-16)15(19)10-13-4-2-7-17-11-13/h2,4,7,11,14H,3,5-6,8-10,12H2,1H3/t14-,16-/m0/s1. The largest absolute Gasteiger partial charge is 0.377 e. The van der Waals surface area contributed by atoms with Crippen molar-refractivity contribution in [3.8, 4) is 0 Å². The van der Waals surface area contributed by atoms with E-state index in [-0.39, 0.29) is 17.6 Å². The first-order valence-corrected chi connectivity index (χ1v) is 7.57. The average molecular weight is 290 g/mol. The summed E-state index contributed by atoms with van der Waals surface area (Å²) in [4.78, 5) is 18.4. The number of carbonyl (C=O) groups is 1. The monoisotopic (exact) mass is 290 g/mol. The fraction of sp³-hybridized carbons (Fsp3) is 0.625. The Kier molecular flexibility index (Phi) is 4.22. The molecule has 1 aromatic heterocycles. The van der Waals surface area contributed by atoms with Gasteiger partial charge in [0.25, 0.3) is 0 Å². The Morgan fingerprint density at radius 2 is 2.48 bits per heavy atom. The molecule has 0 aromatic carbocycles. The van der Waals surface area contributed by atoms with Gasteiger partial charge in [0, 0.05) is 39.2 Å². The van der Waals surface area contributed by atoms with E-state index in [2.05, 4.69) is 4.98 Å². The van der Waals surface area contributed by atoms with E-state index in [4.69, 9.17) is 9.47 Å². The molecule has 21 heavy (non-hydrogen) atoms. The van der Waals surface area contributed by atoms with Crippen molar-refractivity contribution in [2.45, 2.75) is 37.4 Å². The number of nitrogens with zero attached hydrogens (tertiary/aromatic N) is 2. The SMILES string of the molecule is CO[C@H]1CN(C(=O)Cc2cccnc2)CC[C@@]12CCCO2. The maximum absolute atomic E-state index is 12.4. The molecule has 2 fully saturated rings. The van der Waals surface area contributed by atoms with Crippen LogP contribution >= 0.6 is 0 Å². The van der Waals surface area contributed by atoms with Gasteiger partial charge in [0.1, 0.15) is 6.10 Å². The van der Waals surface area contributed by atoms with Gasteiger partial charge in [-0.15, -0.1) is 0 Å². The molecule has 114 valence electrons. The molecule has 5 nitrogen and oxygen atoms in total. The normalized spacial score (nSPS) is 29.0. The molecular weight excluding hydrogens is 268 g/mol. The number of piperidine rings is 1. The number of pyridine rings is 1. The summed E-state index contributed by atoms with van der Waals surface area (Å²) in [6.45, 7) is 2.18. The molecule has 3 rings (SSSR count). The quantitative estimate of drug-likeness (QED) is 0.845. The Morgan fingerprint density at radius 3 is 3.14 bits per heavy atom. The van der Waals surface area contributed by atoms with Crippen molar-refractivity contribution in [1.82, 2.24) is 9.88 Å². The summed E-state index contributed by atoms with van der Waals surface area (Å²) < 4.78 is 11.6. The van der Waals surface area contributed by atoms with Gasteiger partial charge in [-0.1, -0.05) is 6.07 Å². The van der Waals surface area contributed by atoms with Crippen LogP contribution in [0.15, 0.2) is 24.5 Å². The summed E-state index contributed by atoms with van der Waals surface area (Å²) in [5.74, 6) is 0.137. The van der Waals surface area contributed by atoms with E-state index in [9.17, 15) is 4.79 Å². The van der Waals surface area contributed by atoms with Gasteiger partial charge < -0.3 is 14.4 Å². The number of likely N-dealkylation sites (tertiary alicyclic amines) is 1. The van der Waals surface area contributed by atoms with E-state index in [1.165, 1.54) is 0 Å². The number of hydrogen-bond acceptors (Lipinski definition) is 4. The van der Waals surface area contributed by atoms with E-state index in [1.54, 1.807) is 19.5 Å². The maximum atomic E-state index is 12.4. The Hall–Kier alpha value is -1.46. The second-order valence-electron chi connectivity index (χ2n) is 5.87. The van der Waals surface area contributed by atoms with Crippen molar-refractivity contribution >= 4 is 5.91 Å². The Balaban J connectivity index is 1.64. The molecule has 0 aliphatic carbocycles. The van der Waals surface area contributed by atoms with Crippen LogP contribution in [0.25, 0.3) is 0 Å². The summed E-state index contributed by atoms with van der Waals surface area (Å²) in [5, 5.41) is 0. The molecule has 3 heterocycles. The first kappa shape index (κ1) is 14.5. The molecular formula is C16H22N2O3. The number of carbonyl (C=O) groups excluding carboxylic acids is 1. The first-order valence-electron chi connectivity index (χ1n) is 7.57. The predicted octanol–water partition coefficient (Wildman–Crippen LogP) is 1.42. The molecule has 0 saturated carbocycles. The van der Waals surface area contributed by atoms with Crippen molar-refractivity contribution in [2.24, 2.45) is 0 Å². The van der Waals surface area contributed by atoms with Crippen LogP contribution in [0.3, 0.4) is 0 Å². The Labute approximate surface area is 125 Å². The molecule has 0 N–H and O–H groups in total.